The van der Waals surface area contributed by atoms with Crippen molar-refractivity contribution in [3.63, 3.8) is 0 Å². The molecule has 0 saturated heterocycles. The number of carbonyl (C=O) groups excluding carboxylic acids is 1. The molecule has 2 heterocycles. The largest absolute Gasteiger partial charge is 0.417 e. The molecule has 1 N–H and O–H groups in total. The van der Waals surface area contributed by atoms with Gasteiger partial charge in [-0.05, 0) is 43.2 Å². The van der Waals surface area contributed by atoms with E-state index in [1.54, 1.807) is 6.07 Å². The number of amides is 1. The Bertz CT molecular complexity index is 983. The van der Waals surface area contributed by atoms with Crippen LogP contribution in [0.1, 0.15) is 40.0 Å². The first-order chi connectivity index (χ1) is 11.0. The van der Waals surface area contributed by atoms with Crippen molar-refractivity contribution in [1.29, 1.82) is 0 Å². The van der Waals surface area contributed by atoms with Crippen LogP contribution in [0.2, 0.25) is 0 Å². The standard InChI is InChI=1S/C18H16N2O3/c1-10-3-5-13-14(7-10)11(2)20(17(13)21)9-12-4-6-15-16(8-12)23-18(22)19-15/h3-8,11H,9H2,1-2H3,(H,19,22)/t11-/m0/s1. The zero-order valence-electron chi connectivity index (χ0n) is 12.9. The molecule has 0 fully saturated rings. The predicted molar refractivity (Wildman–Crippen MR) is 86.3 cm³/mol. The molecule has 0 saturated carbocycles. The summed E-state index contributed by atoms with van der Waals surface area (Å²) in [7, 11) is 0. The minimum absolute atomic E-state index is 0.0336. The van der Waals surface area contributed by atoms with Gasteiger partial charge in [0.05, 0.1) is 11.6 Å². The molecule has 116 valence electrons. The lowest BCUT2D eigenvalue weighted by Crippen LogP contribution is -2.26. The molecule has 5 nitrogen and oxygen atoms in total. The summed E-state index contributed by atoms with van der Waals surface area (Å²) in [6.07, 6.45) is 0. The molecule has 5 heteroatoms. The number of oxazole rings is 1. The van der Waals surface area contributed by atoms with E-state index in [-0.39, 0.29) is 11.9 Å². The summed E-state index contributed by atoms with van der Waals surface area (Å²) in [5.74, 6) is -0.422. The molecular formula is C18H16N2O3. The molecule has 0 bridgehead atoms. The number of nitrogens with one attached hydrogen (secondary N) is 1. The highest BCUT2D eigenvalue weighted by Crippen LogP contribution is 2.35. The Balaban J connectivity index is 1.68. The molecule has 1 atom stereocenters. The van der Waals surface area contributed by atoms with Crippen LogP contribution in [0.4, 0.5) is 0 Å². The van der Waals surface area contributed by atoms with E-state index in [9.17, 15) is 9.59 Å². The monoisotopic (exact) mass is 308 g/mol. The molecule has 2 aromatic carbocycles. The van der Waals surface area contributed by atoms with Gasteiger partial charge in [0.25, 0.3) is 5.91 Å². The van der Waals surface area contributed by atoms with Crippen molar-refractivity contribution in [2.75, 3.05) is 0 Å². The number of aryl methyl sites for hydroxylation is 1. The maximum Gasteiger partial charge on any atom is 0.417 e. The topological polar surface area (TPSA) is 66.3 Å². The first-order valence-corrected chi connectivity index (χ1v) is 7.56. The number of fused-ring (bicyclic) bond motifs is 2. The summed E-state index contributed by atoms with van der Waals surface area (Å²) in [5, 5.41) is 0. The second-order valence-electron chi connectivity index (χ2n) is 6.04. The van der Waals surface area contributed by atoms with Crippen LogP contribution in [0.15, 0.2) is 45.6 Å². The van der Waals surface area contributed by atoms with Crippen molar-refractivity contribution in [2.45, 2.75) is 26.4 Å². The Morgan fingerprint density at radius 1 is 1.17 bits per heavy atom. The van der Waals surface area contributed by atoms with Crippen molar-refractivity contribution in [1.82, 2.24) is 9.88 Å². The Morgan fingerprint density at radius 2 is 2.00 bits per heavy atom. The molecule has 1 aliphatic heterocycles. The van der Waals surface area contributed by atoms with Crippen molar-refractivity contribution in [3.8, 4) is 0 Å². The molecule has 4 rings (SSSR count). The normalized spacial score (nSPS) is 17.0. The van der Waals surface area contributed by atoms with Gasteiger partial charge in [-0.2, -0.15) is 0 Å². The van der Waals surface area contributed by atoms with Crippen LogP contribution in [-0.4, -0.2) is 15.8 Å². The zero-order valence-corrected chi connectivity index (χ0v) is 12.9. The number of carbonyl (C=O) groups is 1. The van der Waals surface area contributed by atoms with E-state index in [0.29, 0.717) is 17.6 Å². The number of rotatable bonds is 2. The molecule has 0 aliphatic carbocycles. The van der Waals surface area contributed by atoms with Crippen molar-refractivity contribution >= 4 is 17.0 Å². The van der Waals surface area contributed by atoms with Crippen molar-refractivity contribution in [2.24, 2.45) is 0 Å². The van der Waals surface area contributed by atoms with E-state index in [0.717, 1.165) is 22.3 Å². The summed E-state index contributed by atoms with van der Waals surface area (Å²) in [4.78, 5) is 28.3. The second kappa shape index (κ2) is 4.84. The molecule has 1 aliphatic rings. The summed E-state index contributed by atoms with van der Waals surface area (Å²) in [6, 6.07) is 11.5. The Kier molecular flexibility index (Phi) is 2.91. The van der Waals surface area contributed by atoms with Gasteiger partial charge in [-0.3, -0.25) is 9.78 Å². The van der Waals surface area contributed by atoms with Gasteiger partial charge in [-0.15, -0.1) is 0 Å². The lowest BCUT2D eigenvalue weighted by atomic mass is 10.0. The highest BCUT2D eigenvalue weighted by molar-refractivity contribution is 5.99. The SMILES string of the molecule is Cc1ccc2c(c1)[C@H](C)N(Cc1ccc3[nH]c(=O)oc3c1)C2=O. The van der Waals surface area contributed by atoms with Crippen LogP contribution >= 0.6 is 0 Å². The fourth-order valence-electron chi connectivity index (χ4n) is 3.21. The van der Waals surface area contributed by atoms with Crippen LogP contribution in [-0.2, 0) is 6.54 Å². The summed E-state index contributed by atoms with van der Waals surface area (Å²) < 4.78 is 5.09. The third kappa shape index (κ3) is 2.16. The van der Waals surface area contributed by atoms with E-state index in [1.165, 1.54) is 0 Å². The van der Waals surface area contributed by atoms with Crippen molar-refractivity contribution in [3.05, 3.63) is 69.2 Å². The van der Waals surface area contributed by atoms with Gasteiger partial charge in [0.15, 0.2) is 5.58 Å². The number of aromatic nitrogens is 1. The van der Waals surface area contributed by atoms with E-state index < -0.39 is 5.76 Å². The number of hydrogen-bond acceptors (Lipinski definition) is 3. The van der Waals surface area contributed by atoms with E-state index in [2.05, 4.69) is 11.1 Å². The highest BCUT2D eigenvalue weighted by Gasteiger charge is 2.33. The highest BCUT2D eigenvalue weighted by atomic mass is 16.4. The molecular weight excluding hydrogens is 292 g/mol. The maximum atomic E-state index is 12.6. The summed E-state index contributed by atoms with van der Waals surface area (Å²) >= 11 is 0. The van der Waals surface area contributed by atoms with E-state index >= 15 is 0 Å². The minimum Gasteiger partial charge on any atom is -0.408 e. The molecule has 0 spiro atoms. The molecule has 0 radical (unpaired) electrons. The predicted octanol–water partition coefficient (Wildman–Crippen LogP) is 3.15. The Hall–Kier alpha value is -2.82. The van der Waals surface area contributed by atoms with Gasteiger partial charge >= 0.3 is 5.76 Å². The van der Waals surface area contributed by atoms with Crippen LogP contribution in [0.3, 0.4) is 0 Å². The molecule has 23 heavy (non-hydrogen) atoms. The molecule has 1 amide bonds. The molecule has 0 unspecified atom stereocenters. The minimum atomic E-state index is -0.467. The average molecular weight is 308 g/mol. The average Bonchev–Trinajstić information content (AvgIpc) is 2.99. The first-order valence-electron chi connectivity index (χ1n) is 7.56. The van der Waals surface area contributed by atoms with Gasteiger partial charge in [0.2, 0.25) is 0 Å². The van der Waals surface area contributed by atoms with Crippen LogP contribution in [0.5, 0.6) is 0 Å². The number of aromatic amines is 1. The Labute approximate surface area is 132 Å². The summed E-state index contributed by atoms with van der Waals surface area (Å²) in [5.41, 5.74) is 5.12. The maximum absolute atomic E-state index is 12.6. The smallest absolute Gasteiger partial charge is 0.408 e. The quantitative estimate of drug-likeness (QED) is 0.791. The lowest BCUT2D eigenvalue weighted by Gasteiger charge is -2.22. The molecule has 3 aromatic rings. The number of H-pyrrole nitrogens is 1. The number of nitrogens with zero attached hydrogens (tertiary/aromatic N) is 1. The van der Waals surface area contributed by atoms with Gasteiger partial charge < -0.3 is 9.32 Å². The summed E-state index contributed by atoms with van der Waals surface area (Å²) in [6.45, 7) is 4.55. The third-order valence-corrected chi connectivity index (χ3v) is 4.45. The van der Waals surface area contributed by atoms with Crippen molar-refractivity contribution < 1.29 is 9.21 Å². The second-order valence-corrected chi connectivity index (χ2v) is 6.04. The van der Waals surface area contributed by atoms with Crippen LogP contribution in [0.25, 0.3) is 11.1 Å². The number of hydrogen-bond donors (Lipinski definition) is 1. The van der Waals surface area contributed by atoms with E-state index in [1.807, 2.05) is 43.0 Å². The number of benzene rings is 2. The fourth-order valence-corrected chi connectivity index (χ4v) is 3.21. The van der Waals surface area contributed by atoms with Gasteiger partial charge in [-0.1, -0.05) is 23.8 Å². The van der Waals surface area contributed by atoms with Gasteiger partial charge in [-0.25, -0.2) is 4.79 Å². The molecule has 1 aromatic heterocycles. The Morgan fingerprint density at radius 3 is 2.83 bits per heavy atom. The third-order valence-electron chi connectivity index (χ3n) is 4.45. The van der Waals surface area contributed by atoms with Crippen LogP contribution in [0, 0.1) is 6.92 Å². The van der Waals surface area contributed by atoms with Gasteiger partial charge in [0.1, 0.15) is 0 Å². The zero-order chi connectivity index (χ0) is 16.1. The van der Waals surface area contributed by atoms with Gasteiger partial charge in [0, 0.05) is 12.1 Å². The fraction of sp³-hybridized carbons (Fsp3) is 0.222. The lowest BCUT2D eigenvalue weighted by molar-refractivity contribution is 0.0723. The van der Waals surface area contributed by atoms with Crippen LogP contribution < -0.4 is 5.76 Å². The first kappa shape index (κ1) is 13.8. The van der Waals surface area contributed by atoms with E-state index in [4.69, 9.17) is 4.42 Å².